The molecule has 0 spiro atoms. The molecule has 0 aliphatic heterocycles. The first-order valence-electron chi connectivity index (χ1n) is 6.23. The molecule has 3 heteroatoms. The fraction of sp³-hybridized carbons (Fsp3) is 1.00. The SMILES string of the molecule is BrC1CCCCCC1OCCOC1CC1. The van der Waals surface area contributed by atoms with E-state index in [-0.39, 0.29) is 0 Å². The first-order valence-corrected chi connectivity index (χ1v) is 7.15. The van der Waals surface area contributed by atoms with E-state index in [4.69, 9.17) is 9.47 Å². The van der Waals surface area contributed by atoms with Crippen molar-refractivity contribution in [3.63, 3.8) is 0 Å². The second-order valence-electron chi connectivity index (χ2n) is 4.63. The second-order valence-corrected chi connectivity index (χ2v) is 5.81. The lowest BCUT2D eigenvalue weighted by molar-refractivity contribution is -0.00222. The van der Waals surface area contributed by atoms with Crippen molar-refractivity contribution in [2.45, 2.75) is 62.0 Å². The van der Waals surface area contributed by atoms with E-state index in [9.17, 15) is 0 Å². The summed E-state index contributed by atoms with van der Waals surface area (Å²) in [5, 5.41) is 0. The van der Waals surface area contributed by atoms with Crippen LogP contribution in [0.3, 0.4) is 0 Å². The summed E-state index contributed by atoms with van der Waals surface area (Å²) in [4.78, 5) is 0.556. The maximum atomic E-state index is 5.88. The smallest absolute Gasteiger partial charge is 0.0704 e. The Hall–Kier alpha value is 0.400. The van der Waals surface area contributed by atoms with E-state index in [1.807, 2.05) is 0 Å². The highest BCUT2D eigenvalue weighted by atomic mass is 79.9. The second kappa shape index (κ2) is 6.21. The average molecular weight is 277 g/mol. The highest BCUT2D eigenvalue weighted by Gasteiger charge is 2.23. The van der Waals surface area contributed by atoms with Crippen LogP contribution in [0.5, 0.6) is 0 Å². The van der Waals surface area contributed by atoms with E-state index in [1.54, 1.807) is 0 Å². The number of hydrogen-bond donors (Lipinski definition) is 0. The van der Waals surface area contributed by atoms with Gasteiger partial charge in [0.05, 0.1) is 25.4 Å². The Morgan fingerprint density at radius 2 is 1.60 bits per heavy atom. The molecule has 0 saturated heterocycles. The third-order valence-corrected chi connectivity index (χ3v) is 4.21. The monoisotopic (exact) mass is 276 g/mol. The van der Waals surface area contributed by atoms with Crippen molar-refractivity contribution in [1.82, 2.24) is 0 Å². The molecule has 2 unspecified atom stereocenters. The molecule has 2 atom stereocenters. The van der Waals surface area contributed by atoms with Crippen molar-refractivity contribution >= 4 is 15.9 Å². The Bertz CT molecular complexity index is 182. The van der Waals surface area contributed by atoms with Gasteiger partial charge in [-0.25, -0.2) is 0 Å². The largest absolute Gasteiger partial charge is 0.376 e. The van der Waals surface area contributed by atoms with Crippen LogP contribution in [0.1, 0.15) is 44.9 Å². The normalized spacial score (nSPS) is 32.6. The molecule has 2 aliphatic rings. The van der Waals surface area contributed by atoms with Crippen molar-refractivity contribution in [2.24, 2.45) is 0 Å². The Morgan fingerprint density at radius 3 is 2.40 bits per heavy atom. The van der Waals surface area contributed by atoms with Gasteiger partial charge in [0, 0.05) is 4.83 Å². The van der Waals surface area contributed by atoms with Gasteiger partial charge < -0.3 is 9.47 Å². The minimum absolute atomic E-state index is 0.412. The highest BCUT2D eigenvalue weighted by Crippen LogP contribution is 2.26. The summed E-state index contributed by atoms with van der Waals surface area (Å²) in [5.41, 5.74) is 0. The van der Waals surface area contributed by atoms with Gasteiger partial charge in [-0.15, -0.1) is 0 Å². The summed E-state index contributed by atoms with van der Waals surface area (Å²) in [6, 6.07) is 0. The molecule has 0 aromatic rings. The summed E-state index contributed by atoms with van der Waals surface area (Å²) in [5.74, 6) is 0. The summed E-state index contributed by atoms with van der Waals surface area (Å²) in [7, 11) is 0. The molecule has 2 fully saturated rings. The summed E-state index contributed by atoms with van der Waals surface area (Å²) >= 11 is 3.73. The van der Waals surface area contributed by atoms with Crippen LogP contribution in [-0.4, -0.2) is 30.2 Å². The number of ether oxygens (including phenoxy) is 2. The fourth-order valence-corrected chi connectivity index (χ4v) is 2.81. The lowest BCUT2D eigenvalue weighted by atomic mass is 10.1. The quantitative estimate of drug-likeness (QED) is 0.436. The van der Waals surface area contributed by atoms with Gasteiger partial charge in [0.25, 0.3) is 0 Å². The van der Waals surface area contributed by atoms with Gasteiger partial charge >= 0.3 is 0 Å². The van der Waals surface area contributed by atoms with Crippen LogP contribution in [0.4, 0.5) is 0 Å². The van der Waals surface area contributed by atoms with Crippen molar-refractivity contribution in [3.8, 4) is 0 Å². The Balaban J connectivity index is 1.58. The van der Waals surface area contributed by atoms with E-state index in [0.717, 1.165) is 13.2 Å². The van der Waals surface area contributed by atoms with E-state index < -0.39 is 0 Å². The molecule has 0 N–H and O–H groups in total. The molecule has 2 nitrogen and oxygen atoms in total. The van der Waals surface area contributed by atoms with Crippen LogP contribution < -0.4 is 0 Å². The number of halogens is 1. The molecule has 88 valence electrons. The van der Waals surface area contributed by atoms with Crippen LogP contribution >= 0.6 is 15.9 Å². The maximum Gasteiger partial charge on any atom is 0.0704 e. The number of alkyl halides is 1. The predicted octanol–water partition coefficient (Wildman–Crippen LogP) is 3.28. The molecule has 0 bridgehead atoms. The summed E-state index contributed by atoms with van der Waals surface area (Å²) in [6.07, 6.45) is 9.96. The zero-order valence-electron chi connectivity index (χ0n) is 9.29. The van der Waals surface area contributed by atoms with Gasteiger partial charge in [-0.1, -0.05) is 35.2 Å². The molecule has 0 amide bonds. The van der Waals surface area contributed by atoms with Gasteiger partial charge in [-0.3, -0.25) is 0 Å². The first-order chi connectivity index (χ1) is 7.36. The van der Waals surface area contributed by atoms with Crippen LogP contribution in [-0.2, 0) is 9.47 Å². The number of rotatable bonds is 5. The fourth-order valence-electron chi connectivity index (χ4n) is 2.07. The minimum Gasteiger partial charge on any atom is -0.376 e. The Labute approximate surface area is 101 Å². The molecule has 2 rings (SSSR count). The molecule has 2 aliphatic carbocycles. The lowest BCUT2D eigenvalue weighted by Gasteiger charge is -2.20. The third-order valence-electron chi connectivity index (χ3n) is 3.17. The van der Waals surface area contributed by atoms with Gasteiger partial charge in [0.15, 0.2) is 0 Å². The Kier molecular flexibility index (Phi) is 4.92. The molecular formula is C12H21BrO2. The average Bonchev–Trinajstić information content (AvgIpc) is 3.03. The molecule has 0 radical (unpaired) electrons. The molecule has 2 saturated carbocycles. The van der Waals surface area contributed by atoms with E-state index in [2.05, 4.69) is 15.9 Å². The highest BCUT2D eigenvalue weighted by molar-refractivity contribution is 9.09. The van der Waals surface area contributed by atoms with Crippen LogP contribution in [0.2, 0.25) is 0 Å². The molecular weight excluding hydrogens is 256 g/mol. The first kappa shape index (κ1) is 11.9. The van der Waals surface area contributed by atoms with E-state index >= 15 is 0 Å². The Morgan fingerprint density at radius 1 is 0.867 bits per heavy atom. The molecule has 0 aromatic carbocycles. The zero-order chi connectivity index (χ0) is 10.5. The van der Waals surface area contributed by atoms with Crippen molar-refractivity contribution < 1.29 is 9.47 Å². The van der Waals surface area contributed by atoms with Crippen molar-refractivity contribution in [1.29, 1.82) is 0 Å². The van der Waals surface area contributed by atoms with Gasteiger partial charge in [-0.05, 0) is 25.7 Å². The topological polar surface area (TPSA) is 18.5 Å². The summed E-state index contributed by atoms with van der Waals surface area (Å²) < 4.78 is 11.5. The summed E-state index contributed by atoms with van der Waals surface area (Å²) in [6.45, 7) is 1.55. The van der Waals surface area contributed by atoms with Crippen LogP contribution in [0.15, 0.2) is 0 Å². The lowest BCUT2D eigenvalue weighted by Crippen LogP contribution is -2.24. The van der Waals surface area contributed by atoms with Gasteiger partial charge in [0.2, 0.25) is 0 Å². The third kappa shape index (κ3) is 4.41. The molecule has 0 heterocycles. The predicted molar refractivity (Wildman–Crippen MR) is 64.5 cm³/mol. The minimum atomic E-state index is 0.412. The maximum absolute atomic E-state index is 5.88. The van der Waals surface area contributed by atoms with Gasteiger partial charge in [0.1, 0.15) is 0 Å². The van der Waals surface area contributed by atoms with Crippen LogP contribution in [0.25, 0.3) is 0 Å². The molecule has 15 heavy (non-hydrogen) atoms. The molecule has 0 aromatic heterocycles. The number of hydrogen-bond acceptors (Lipinski definition) is 2. The van der Waals surface area contributed by atoms with Gasteiger partial charge in [-0.2, -0.15) is 0 Å². The van der Waals surface area contributed by atoms with E-state index in [1.165, 1.54) is 44.9 Å². The standard InChI is InChI=1S/C12H21BrO2/c13-11-4-2-1-3-5-12(11)15-9-8-14-10-6-7-10/h10-12H,1-9H2. The van der Waals surface area contributed by atoms with Crippen molar-refractivity contribution in [3.05, 3.63) is 0 Å². The van der Waals surface area contributed by atoms with Crippen LogP contribution in [0, 0.1) is 0 Å². The van der Waals surface area contributed by atoms with Crippen molar-refractivity contribution in [2.75, 3.05) is 13.2 Å². The zero-order valence-corrected chi connectivity index (χ0v) is 10.9. The van der Waals surface area contributed by atoms with E-state index in [0.29, 0.717) is 17.0 Å².